The van der Waals surface area contributed by atoms with E-state index < -0.39 is 16.0 Å². The molecule has 1 aromatic rings. The quantitative estimate of drug-likeness (QED) is 0.745. The van der Waals surface area contributed by atoms with E-state index in [0.717, 1.165) is 45.2 Å². The second-order valence-corrected chi connectivity index (χ2v) is 7.52. The Labute approximate surface area is 137 Å². The Morgan fingerprint density at radius 2 is 1.96 bits per heavy atom. The molecule has 128 valence electrons. The van der Waals surface area contributed by atoms with Crippen molar-refractivity contribution in [2.45, 2.75) is 43.9 Å². The van der Waals surface area contributed by atoms with Gasteiger partial charge in [-0.05, 0) is 43.9 Å². The number of piperidine rings is 1. The van der Waals surface area contributed by atoms with Gasteiger partial charge in [0.15, 0.2) is 0 Å². The molecule has 0 saturated carbocycles. The summed E-state index contributed by atoms with van der Waals surface area (Å²) >= 11 is 0. The van der Waals surface area contributed by atoms with Gasteiger partial charge in [-0.25, -0.2) is 17.9 Å². The first-order chi connectivity index (χ1) is 11.0. The van der Waals surface area contributed by atoms with Gasteiger partial charge in [0.2, 0.25) is 10.0 Å². The summed E-state index contributed by atoms with van der Waals surface area (Å²) in [6.07, 6.45) is 4.81. The first kappa shape index (κ1) is 17.7. The average Bonchev–Trinajstić information content (AvgIpc) is 2.55. The highest BCUT2D eigenvalue weighted by Gasteiger charge is 2.24. The van der Waals surface area contributed by atoms with Crippen molar-refractivity contribution in [1.29, 1.82) is 0 Å². The van der Waals surface area contributed by atoms with Gasteiger partial charge in [-0.2, -0.15) is 0 Å². The molecule has 1 aliphatic rings. The van der Waals surface area contributed by atoms with E-state index in [2.05, 4.69) is 4.72 Å². The first-order valence-electron chi connectivity index (χ1n) is 8.07. The lowest BCUT2D eigenvalue weighted by Gasteiger charge is -2.30. The van der Waals surface area contributed by atoms with Crippen LogP contribution >= 0.6 is 0 Å². The minimum absolute atomic E-state index is 0.0124. The van der Waals surface area contributed by atoms with Gasteiger partial charge in [-0.1, -0.05) is 13.3 Å². The minimum Gasteiger partial charge on any atom is -0.478 e. The van der Waals surface area contributed by atoms with Gasteiger partial charge in [-0.3, -0.25) is 0 Å². The molecule has 0 aromatic heterocycles. The van der Waals surface area contributed by atoms with E-state index in [4.69, 9.17) is 5.11 Å². The van der Waals surface area contributed by atoms with E-state index >= 15 is 0 Å². The second-order valence-electron chi connectivity index (χ2n) is 5.79. The fourth-order valence-corrected chi connectivity index (χ4v) is 4.04. The van der Waals surface area contributed by atoms with Crippen molar-refractivity contribution < 1.29 is 18.3 Å². The Balaban J connectivity index is 2.39. The van der Waals surface area contributed by atoms with E-state index in [1.807, 2.05) is 11.8 Å². The van der Waals surface area contributed by atoms with Crippen LogP contribution in [0.1, 0.15) is 49.4 Å². The third-order valence-corrected chi connectivity index (χ3v) is 5.51. The lowest BCUT2D eigenvalue weighted by atomic mass is 10.1. The maximum Gasteiger partial charge on any atom is 0.335 e. The van der Waals surface area contributed by atoms with Crippen molar-refractivity contribution in [3.63, 3.8) is 0 Å². The molecular weight excluding hydrogens is 316 g/mol. The number of nitrogens with zero attached hydrogens (tertiary/aromatic N) is 1. The summed E-state index contributed by atoms with van der Waals surface area (Å²) < 4.78 is 27.8. The zero-order chi connectivity index (χ0) is 16.9. The highest BCUT2D eigenvalue weighted by atomic mass is 32.2. The Kier molecular flexibility index (Phi) is 6.01. The highest BCUT2D eigenvalue weighted by molar-refractivity contribution is 7.89. The molecular formula is C16H24N2O4S. The minimum atomic E-state index is -3.72. The molecule has 1 saturated heterocycles. The van der Waals surface area contributed by atoms with E-state index in [1.165, 1.54) is 12.1 Å². The number of unbranched alkanes of at least 4 members (excludes halogenated alkanes) is 1. The standard InChI is InChI=1S/C16H24N2O4S/c1-2-3-9-17-23(21,22)15-12-13(16(19)20)7-8-14(15)18-10-5-4-6-11-18/h7-8,12,17H,2-6,9-11H2,1H3,(H,19,20). The molecule has 1 fully saturated rings. The number of carbonyl (C=O) groups is 1. The Bertz CT molecular complexity index is 652. The molecule has 1 heterocycles. The number of hydrogen-bond donors (Lipinski definition) is 2. The number of sulfonamides is 1. The van der Waals surface area contributed by atoms with E-state index in [1.54, 1.807) is 6.07 Å². The molecule has 0 bridgehead atoms. The molecule has 2 N–H and O–H groups in total. The highest BCUT2D eigenvalue weighted by Crippen LogP contribution is 2.29. The van der Waals surface area contributed by atoms with Gasteiger partial charge < -0.3 is 10.0 Å². The number of hydrogen-bond acceptors (Lipinski definition) is 4. The zero-order valence-corrected chi connectivity index (χ0v) is 14.2. The van der Waals surface area contributed by atoms with Crippen LogP contribution in [0.15, 0.2) is 23.1 Å². The van der Waals surface area contributed by atoms with E-state index in [9.17, 15) is 13.2 Å². The molecule has 0 aliphatic carbocycles. The van der Waals surface area contributed by atoms with Crippen molar-refractivity contribution in [3.05, 3.63) is 23.8 Å². The van der Waals surface area contributed by atoms with Crippen molar-refractivity contribution in [2.75, 3.05) is 24.5 Å². The molecule has 7 heteroatoms. The fraction of sp³-hybridized carbons (Fsp3) is 0.562. The maximum absolute atomic E-state index is 12.6. The number of rotatable bonds is 7. The maximum atomic E-state index is 12.6. The summed E-state index contributed by atoms with van der Waals surface area (Å²) in [4.78, 5) is 13.3. The van der Waals surface area contributed by atoms with Crippen LogP contribution in [0.25, 0.3) is 0 Å². The number of carboxylic acids is 1. The van der Waals surface area contributed by atoms with Gasteiger partial charge in [-0.15, -0.1) is 0 Å². The lowest BCUT2D eigenvalue weighted by molar-refractivity contribution is 0.0696. The number of anilines is 1. The molecule has 1 aliphatic heterocycles. The molecule has 0 spiro atoms. The smallest absolute Gasteiger partial charge is 0.335 e. The monoisotopic (exact) mass is 340 g/mol. The van der Waals surface area contributed by atoms with Crippen LogP contribution in [0.2, 0.25) is 0 Å². The second kappa shape index (κ2) is 7.79. The van der Waals surface area contributed by atoms with Crippen molar-refractivity contribution >= 4 is 21.7 Å². The Morgan fingerprint density at radius 3 is 2.57 bits per heavy atom. The number of benzene rings is 1. The number of nitrogens with one attached hydrogen (secondary N) is 1. The molecule has 2 rings (SSSR count). The molecule has 0 unspecified atom stereocenters. The summed E-state index contributed by atoms with van der Waals surface area (Å²) in [5.74, 6) is -1.12. The molecule has 1 aromatic carbocycles. The summed E-state index contributed by atoms with van der Waals surface area (Å²) in [5, 5.41) is 9.16. The van der Waals surface area contributed by atoms with Gasteiger partial charge in [0, 0.05) is 19.6 Å². The lowest BCUT2D eigenvalue weighted by Crippen LogP contribution is -2.33. The van der Waals surface area contributed by atoms with Gasteiger partial charge in [0.05, 0.1) is 11.3 Å². The summed E-state index contributed by atoms with van der Waals surface area (Å²) in [6.45, 7) is 3.93. The van der Waals surface area contributed by atoms with Crippen LogP contribution in [-0.4, -0.2) is 39.1 Å². The number of carboxylic acid groups (broad SMARTS) is 1. The van der Waals surface area contributed by atoms with Crippen LogP contribution < -0.4 is 9.62 Å². The third-order valence-electron chi connectivity index (χ3n) is 4.02. The Hall–Kier alpha value is -1.60. The average molecular weight is 340 g/mol. The first-order valence-corrected chi connectivity index (χ1v) is 9.56. The van der Waals surface area contributed by atoms with Crippen LogP contribution in [0.5, 0.6) is 0 Å². The van der Waals surface area contributed by atoms with E-state index in [-0.39, 0.29) is 10.5 Å². The third kappa shape index (κ3) is 4.45. The predicted octanol–water partition coefficient (Wildman–Crippen LogP) is 2.45. The molecule has 0 atom stereocenters. The van der Waals surface area contributed by atoms with Gasteiger partial charge in [0.25, 0.3) is 0 Å². The normalized spacial score (nSPS) is 15.6. The Morgan fingerprint density at radius 1 is 1.26 bits per heavy atom. The SMILES string of the molecule is CCCCNS(=O)(=O)c1cc(C(=O)O)ccc1N1CCCCC1. The van der Waals surface area contributed by atoms with Crippen molar-refractivity contribution in [2.24, 2.45) is 0 Å². The van der Waals surface area contributed by atoms with Gasteiger partial charge in [0.1, 0.15) is 4.90 Å². The predicted molar refractivity (Wildman–Crippen MR) is 89.6 cm³/mol. The summed E-state index contributed by atoms with van der Waals surface area (Å²) in [7, 11) is -3.72. The largest absolute Gasteiger partial charge is 0.478 e. The zero-order valence-electron chi connectivity index (χ0n) is 13.4. The van der Waals surface area contributed by atoms with Crippen molar-refractivity contribution in [3.8, 4) is 0 Å². The molecule has 23 heavy (non-hydrogen) atoms. The van der Waals surface area contributed by atoms with Crippen LogP contribution in [0.3, 0.4) is 0 Å². The van der Waals surface area contributed by atoms with Crippen LogP contribution in [0, 0.1) is 0 Å². The topological polar surface area (TPSA) is 86.7 Å². The van der Waals surface area contributed by atoms with Crippen molar-refractivity contribution in [1.82, 2.24) is 4.72 Å². The van der Waals surface area contributed by atoms with E-state index in [0.29, 0.717) is 12.2 Å². The molecule has 6 nitrogen and oxygen atoms in total. The van der Waals surface area contributed by atoms with Crippen LogP contribution in [-0.2, 0) is 10.0 Å². The number of aromatic carboxylic acids is 1. The van der Waals surface area contributed by atoms with Crippen LogP contribution in [0.4, 0.5) is 5.69 Å². The summed E-state index contributed by atoms with van der Waals surface area (Å²) in [5.41, 5.74) is 0.584. The van der Waals surface area contributed by atoms with Gasteiger partial charge >= 0.3 is 5.97 Å². The molecule has 0 amide bonds. The molecule has 0 radical (unpaired) electrons. The fourth-order valence-electron chi connectivity index (χ4n) is 2.72. The summed E-state index contributed by atoms with van der Waals surface area (Å²) in [6, 6.07) is 4.35.